The summed E-state index contributed by atoms with van der Waals surface area (Å²) in [7, 11) is 0. The molecule has 3 fully saturated rings. The van der Waals surface area contributed by atoms with Crippen LogP contribution in [0.5, 0.6) is 0 Å². The molecular weight excluding hydrogens is 360 g/mol. The minimum Gasteiger partial charge on any atom is -0.348 e. The molecule has 1 spiro atoms. The van der Waals surface area contributed by atoms with E-state index >= 15 is 0 Å². The van der Waals surface area contributed by atoms with Gasteiger partial charge in [-0.15, -0.1) is 11.3 Å². The van der Waals surface area contributed by atoms with Crippen LogP contribution < -0.4 is 4.90 Å². The molecule has 4 rings (SSSR count). The van der Waals surface area contributed by atoms with E-state index in [1.54, 1.807) is 16.2 Å². The topological polar surface area (TPSA) is 56.8 Å². The Bertz CT molecular complexity index is 728. The molecule has 1 saturated carbocycles. The van der Waals surface area contributed by atoms with Crippen molar-refractivity contribution in [3.63, 3.8) is 0 Å². The van der Waals surface area contributed by atoms with Crippen LogP contribution in [0, 0.1) is 25.7 Å². The highest BCUT2D eigenvalue weighted by atomic mass is 32.1. The molecule has 3 heterocycles. The number of hydrogen-bond donors (Lipinski definition) is 0. The lowest BCUT2D eigenvalue weighted by atomic mass is 9.85. The minimum absolute atomic E-state index is 0.0474. The van der Waals surface area contributed by atoms with Crippen molar-refractivity contribution in [1.82, 2.24) is 14.8 Å². The fourth-order valence-electron chi connectivity index (χ4n) is 4.26. The third-order valence-corrected chi connectivity index (χ3v) is 7.32. The van der Waals surface area contributed by atoms with Gasteiger partial charge in [0, 0.05) is 31.1 Å². The average molecular weight is 391 g/mol. The molecule has 0 bridgehead atoms. The second-order valence-corrected chi connectivity index (χ2v) is 9.98. The lowest BCUT2D eigenvalue weighted by Gasteiger charge is -2.42. The summed E-state index contributed by atoms with van der Waals surface area (Å²) < 4.78 is 0. The van der Waals surface area contributed by atoms with E-state index in [1.165, 1.54) is 4.88 Å². The van der Waals surface area contributed by atoms with Gasteiger partial charge in [0.05, 0.1) is 5.69 Å². The summed E-state index contributed by atoms with van der Waals surface area (Å²) in [4.78, 5) is 38.1. The summed E-state index contributed by atoms with van der Waals surface area (Å²) in [6.07, 6.45) is 3.68. The van der Waals surface area contributed by atoms with E-state index < -0.39 is 5.54 Å². The number of nitrogens with zero attached hydrogens (tertiary/aromatic N) is 4. The van der Waals surface area contributed by atoms with E-state index in [0.29, 0.717) is 37.8 Å². The van der Waals surface area contributed by atoms with Crippen LogP contribution in [0.4, 0.5) is 9.93 Å². The number of rotatable bonds is 5. The van der Waals surface area contributed by atoms with Gasteiger partial charge < -0.3 is 9.80 Å². The molecule has 0 radical (unpaired) electrons. The molecule has 3 amide bonds. The van der Waals surface area contributed by atoms with Gasteiger partial charge in [-0.05, 0) is 51.4 Å². The third-order valence-electron chi connectivity index (χ3n) is 6.19. The van der Waals surface area contributed by atoms with Crippen molar-refractivity contribution >= 4 is 28.4 Å². The first-order chi connectivity index (χ1) is 12.8. The monoisotopic (exact) mass is 390 g/mol. The van der Waals surface area contributed by atoms with Crippen molar-refractivity contribution in [3.05, 3.63) is 10.6 Å². The second kappa shape index (κ2) is 6.76. The van der Waals surface area contributed by atoms with Crippen molar-refractivity contribution in [3.8, 4) is 0 Å². The summed E-state index contributed by atoms with van der Waals surface area (Å²) in [5.74, 6) is 0.920. The first-order valence-corrected chi connectivity index (χ1v) is 11.0. The quantitative estimate of drug-likeness (QED) is 0.723. The summed E-state index contributed by atoms with van der Waals surface area (Å²) in [6.45, 7) is 11.2. The van der Waals surface area contributed by atoms with Gasteiger partial charge in [-0.2, -0.15) is 0 Å². The number of aryl methyl sites for hydroxylation is 2. The number of imide groups is 1. The van der Waals surface area contributed by atoms with E-state index in [9.17, 15) is 9.59 Å². The number of carbonyl (C=O) groups excluding carboxylic acids is 2. The summed E-state index contributed by atoms with van der Waals surface area (Å²) >= 11 is 1.72. The number of amides is 3. The Morgan fingerprint density at radius 3 is 2.37 bits per heavy atom. The van der Waals surface area contributed by atoms with Crippen LogP contribution in [0.15, 0.2) is 0 Å². The molecule has 1 aliphatic carbocycles. The largest absolute Gasteiger partial charge is 0.348 e. The number of piperidine rings is 1. The zero-order chi connectivity index (χ0) is 19.3. The zero-order valence-corrected chi connectivity index (χ0v) is 17.6. The number of carbonyl (C=O) groups is 2. The van der Waals surface area contributed by atoms with Gasteiger partial charge in [-0.3, -0.25) is 9.69 Å². The van der Waals surface area contributed by atoms with E-state index in [4.69, 9.17) is 0 Å². The fraction of sp³-hybridized carbons (Fsp3) is 0.750. The highest BCUT2D eigenvalue weighted by Gasteiger charge is 2.58. The third kappa shape index (κ3) is 3.24. The molecule has 1 aromatic rings. The minimum atomic E-state index is -0.645. The predicted molar refractivity (Wildman–Crippen MR) is 107 cm³/mol. The van der Waals surface area contributed by atoms with Crippen molar-refractivity contribution in [2.75, 3.05) is 31.1 Å². The first-order valence-electron chi connectivity index (χ1n) is 10.1. The molecule has 0 atom stereocenters. The molecule has 0 unspecified atom stereocenters. The van der Waals surface area contributed by atoms with Gasteiger partial charge in [0.1, 0.15) is 5.54 Å². The number of anilines is 1. The Hall–Kier alpha value is -1.63. The van der Waals surface area contributed by atoms with Crippen LogP contribution in [-0.4, -0.2) is 58.4 Å². The highest BCUT2D eigenvalue weighted by Crippen LogP contribution is 2.41. The molecule has 6 nitrogen and oxygen atoms in total. The SMILES string of the molecule is Cc1nc(N2CCC3(CC2)C(=O)N(CC2CC2)C(=O)N3CC(C)C)sc1C. The molecule has 0 aromatic carbocycles. The predicted octanol–water partition coefficient (Wildman–Crippen LogP) is 3.43. The van der Waals surface area contributed by atoms with Gasteiger partial charge >= 0.3 is 6.03 Å². The average Bonchev–Trinajstić information content (AvgIpc) is 3.37. The van der Waals surface area contributed by atoms with Gasteiger partial charge in [0.15, 0.2) is 5.13 Å². The van der Waals surface area contributed by atoms with E-state index in [0.717, 1.165) is 36.8 Å². The first kappa shape index (κ1) is 18.7. The zero-order valence-electron chi connectivity index (χ0n) is 16.8. The molecule has 1 aromatic heterocycles. The highest BCUT2D eigenvalue weighted by molar-refractivity contribution is 7.15. The number of urea groups is 1. The summed E-state index contributed by atoms with van der Waals surface area (Å²) in [5.41, 5.74) is 0.438. The number of thiazole rings is 1. The lowest BCUT2D eigenvalue weighted by Crippen LogP contribution is -2.57. The maximum atomic E-state index is 13.4. The molecular formula is C20H30N4O2S. The molecule has 2 aliphatic heterocycles. The Morgan fingerprint density at radius 1 is 1.19 bits per heavy atom. The summed E-state index contributed by atoms with van der Waals surface area (Å²) in [5, 5.41) is 1.04. The maximum Gasteiger partial charge on any atom is 0.327 e. The molecule has 27 heavy (non-hydrogen) atoms. The number of aromatic nitrogens is 1. The van der Waals surface area contributed by atoms with E-state index in [-0.39, 0.29) is 11.9 Å². The Labute approximate surface area is 165 Å². The van der Waals surface area contributed by atoms with Crippen molar-refractivity contribution in [1.29, 1.82) is 0 Å². The molecule has 148 valence electrons. The van der Waals surface area contributed by atoms with Gasteiger partial charge in [-0.25, -0.2) is 9.78 Å². The van der Waals surface area contributed by atoms with Crippen LogP contribution in [-0.2, 0) is 4.79 Å². The molecule has 0 N–H and O–H groups in total. The van der Waals surface area contributed by atoms with Crippen LogP contribution in [0.1, 0.15) is 50.1 Å². The lowest BCUT2D eigenvalue weighted by molar-refractivity contribution is -0.134. The van der Waals surface area contributed by atoms with Crippen molar-refractivity contribution in [2.24, 2.45) is 11.8 Å². The Kier molecular flexibility index (Phi) is 4.69. The fourth-order valence-corrected chi connectivity index (χ4v) is 5.22. The van der Waals surface area contributed by atoms with Crippen LogP contribution in [0.2, 0.25) is 0 Å². The van der Waals surface area contributed by atoms with Crippen molar-refractivity contribution in [2.45, 2.75) is 58.9 Å². The molecule has 2 saturated heterocycles. The second-order valence-electron chi connectivity index (χ2n) is 8.80. The normalized spacial score (nSPS) is 22.6. The van der Waals surface area contributed by atoms with Crippen LogP contribution >= 0.6 is 11.3 Å². The smallest absolute Gasteiger partial charge is 0.327 e. The Balaban J connectivity index is 1.55. The molecule has 7 heteroatoms. The van der Waals surface area contributed by atoms with Crippen molar-refractivity contribution < 1.29 is 9.59 Å². The van der Waals surface area contributed by atoms with E-state index in [2.05, 4.69) is 30.7 Å². The van der Waals surface area contributed by atoms with Crippen LogP contribution in [0.3, 0.4) is 0 Å². The maximum absolute atomic E-state index is 13.4. The molecule has 3 aliphatic rings. The Morgan fingerprint density at radius 2 is 1.85 bits per heavy atom. The van der Waals surface area contributed by atoms with Gasteiger partial charge in [0.25, 0.3) is 5.91 Å². The standard InChI is InChI=1S/C20H30N4O2S/c1-13(2)11-24-19(26)23(12-16-5-6-16)17(25)20(24)7-9-22(10-8-20)18-21-14(3)15(4)27-18/h13,16H,5-12H2,1-4H3. The van der Waals surface area contributed by atoms with Crippen LogP contribution in [0.25, 0.3) is 0 Å². The number of hydrogen-bond acceptors (Lipinski definition) is 5. The summed E-state index contributed by atoms with van der Waals surface area (Å²) in [6, 6.07) is -0.0602. The van der Waals surface area contributed by atoms with Gasteiger partial charge in [0.2, 0.25) is 0 Å². The van der Waals surface area contributed by atoms with E-state index in [1.807, 2.05) is 11.8 Å². The van der Waals surface area contributed by atoms with Gasteiger partial charge in [-0.1, -0.05) is 13.8 Å².